The van der Waals surface area contributed by atoms with Crippen LogP contribution in [0, 0.1) is 0 Å². The van der Waals surface area contributed by atoms with Crippen molar-refractivity contribution in [3.63, 3.8) is 0 Å². The lowest BCUT2D eigenvalue weighted by Crippen LogP contribution is -2.45. The van der Waals surface area contributed by atoms with Crippen LogP contribution in [0.5, 0.6) is 11.8 Å². The van der Waals surface area contributed by atoms with Gasteiger partial charge in [0.1, 0.15) is 24.0 Å². The molecule has 9 heteroatoms. The van der Waals surface area contributed by atoms with Gasteiger partial charge in [-0.25, -0.2) is 0 Å². The molecular weight excluding hydrogens is 504 g/mol. The minimum Gasteiger partial charge on any atom is -0.508 e. The highest BCUT2D eigenvalue weighted by molar-refractivity contribution is 5.95. The van der Waals surface area contributed by atoms with Gasteiger partial charge in [-0.15, -0.1) is 0 Å². The molecule has 0 bridgehead atoms. The molecule has 2 aromatic carbocycles. The van der Waals surface area contributed by atoms with E-state index in [9.17, 15) is 9.90 Å². The highest BCUT2D eigenvalue weighted by atomic mass is 16.5. The van der Waals surface area contributed by atoms with Crippen molar-refractivity contribution in [3.05, 3.63) is 59.9 Å². The number of carbonyl (C=O) groups excluding carboxylic acids is 1. The highest BCUT2D eigenvalue weighted by Crippen LogP contribution is 2.36. The molecule has 210 valence electrons. The molecular formula is C31H38N6O3. The third-order valence-electron chi connectivity index (χ3n) is 8.20. The average molecular weight is 543 g/mol. The van der Waals surface area contributed by atoms with E-state index in [1.165, 1.54) is 18.4 Å². The molecule has 0 spiro atoms. The zero-order valence-corrected chi connectivity index (χ0v) is 23.2. The molecule has 2 saturated heterocycles. The molecule has 1 aromatic heterocycles. The molecule has 6 rings (SSSR count). The van der Waals surface area contributed by atoms with Crippen molar-refractivity contribution in [2.24, 2.45) is 0 Å². The molecule has 0 aliphatic carbocycles. The summed E-state index contributed by atoms with van der Waals surface area (Å²) in [6.45, 7) is 9.94. The number of carbonyl (C=O) groups is 1. The van der Waals surface area contributed by atoms with Gasteiger partial charge in [-0.1, -0.05) is 24.3 Å². The Morgan fingerprint density at radius 2 is 1.80 bits per heavy atom. The number of aromatic nitrogens is 2. The van der Waals surface area contributed by atoms with E-state index in [-0.39, 0.29) is 11.9 Å². The Morgan fingerprint density at radius 3 is 2.60 bits per heavy atom. The number of rotatable bonds is 8. The summed E-state index contributed by atoms with van der Waals surface area (Å²) in [5.74, 6) is 1.23. The first kappa shape index (κ1) is 26.4. The lowest BCUT2D eigenvalue weighted by molar-refractivity contribution is -0.104. The van der Waals surface area contributed by atoms with Crippen LogP contribution in [-0.2, 0) is 17.8 Å². The van der Waals surface area contributed by atoms with Crippen molar-refractivity contribution in [1.82, 2.24) is 19.8 Å². The van der Waals surface area contributed by atoms with E-state index in [0.717, 1.165) is 93.0 Å². The summed E-state index contributed by atoms with van der Waals surface area (Å²) in [7, 11) is 0. The van der Waals surface area contributed by atoms with Gasteiger partial charge in [0.05, 0.1) is 12.2 Å². The van der Waals surface area contributed by atoms with E-state index < -0.39 is 0 Å². The van der Waals surface area contributed by atoms with Crippen LogP contribution in [0.15, 0.2) is 48.7 Å². The van der Waals surface area contributed by atoms with Gasteiger partial charge >= 0.3 is 6.01 Å². The van der Waals surface area contributed by atoms with Crippen molar-refractivity contribution in [1.29, 1.82) is 0 Å². The number of phenolic OH excluding ortho intramolecular Hbond substituents is 1. The van der Waals surface area contributed by atoms with E-state index in [1.807, 2.05) is 36.5 Å². The fraction of sp³-hybridized carbons (Fsp3) is 0.452. The van der Waals surface area contributed by atoms with Crippen molar-refractivity contribution in [3.8, 4) is 11.8 Å². The SMILES string of the molecule is C[C@H](CN1CCCC1)Oc1nc2c(c(N3CCN(C=CC=O)CC3)n1)CCN(c1cc(O)cc3ccccc13)C2. The summed E-state index contributed by atoms with van der Waals surface area (Å²) in [5.41, 5.74) is 3.18. The minimum atomic E-state index is -0.0102. The Kier molecular flexibility index (Phi) is 7.73. The number of aldehydes is 1. The van der Waals surface area contributed by atoms with Gasteiger partial charge in [-0.3, -0.25) is 9.69 Å². The van der Waals surface area contributed by atoms with Crippen LogP contribution in [0.2, 0.25) is 0 Å². The lowest BCUT2D eigenvalue weighted by atomic mass is 10.0. The van der Waals surface area contributed by atoms with Crippen LogP contribution >= 0.6 is 0 Å². The number of fused-ring (bicyclic) bond motifs is 2. The molecule has 9 nitrogen and oxygen atoms in total. The largest absolute Gasteiger partial charge is 0.508 e. The monoisotopic (exact) mass is 542 g/mol. The molecule has 0 unspecified atom stereocenters. The van der Waals surface area contributed by atoms with Gasteiger partial charge < -0.3 is 24.5 Å². The number of anilines is 2. The van der Waals surface area contributed by atoms with Crippen molar-refractivity contribution in [2.45, 2.75) is 38.8 Å². The van der Waals surface area contributed by atoms with Crippen LogP contribution < -0.4 is 14.5 Å². The first-order valence-electron chi connectivity index (χ1n) is 14.4. The first-order valence-corrected chi connectivity index (χ1v) is 14.4. The quantitative estimate of drug-likeness (QED) is 0.339. The molecule has 3 aliphatic rings. The Hall–Kier alpha value is -3.85. The van der Waals surface area contributed by atoms with Gasteiger partial charge in [-0.2, -0.15) is 9.97 Å². The van der Waals surface area contributed by atoms with Crippen LogP contribution in [0.25, 0.3) is 10.8 Å². The fourth-order valence-electron chi connectivity index (χ4n) is 6.23. The van der Waals surface area contributed by atoms with E-state index in [1.54, 1.807) is 6.08 Å². The molecule has 0 amide bonds. The maximum Gasteiger partial charge on any atom is 0.318 e. The number of nitrogens with zero attached hydrogens (tertiary/aromatic N) is 6. The van der Waals surface area contributed by atoms with Crippen molar-refractivity contribution < 1.29 is 14.6 Å². The Morgan fingerprint density at radius 1 is 1.00 bits per heavy atom. The fourth-order valence-corrected chi connectivity index (χ4v) is 6.23. The second-order valence-corrected chi connectivity index (χ2v) is 11.0. The molecule has 0 radical (unpaired) electrons. The zero-order chi connectivity index (χ0) is 27.5. The zero-order valence-electron chi connectivity index (χ0n) is 23.2. The summed E-state index contributed by atoms with van der Waals surface area (Å²) >= 11 is 0. The highest BCUT2D eigenvalue weighted by Gasteiger charge is 2.29. The second kappa shape index (κ2) is 11.7. The summed E-state index contributed by atoms with van der Waals surface area (Å²) in [5, 5.41) is 12.6. The average Bonchev–Trinajstić information content (AvgIpc) is 3.48. The number of allylic oxidation sites excluding steroid dienone is 1. The number of likely N-dealkylation sites (tertiary alicyclic amines) is 1. The standard InChI is InChI=1S/C31H38N6O3/c1-23(21-35-10-4-5-11-35)40-31-32-28-22-37(29-20-25(39)19-24-7-2-3-8-26(24)29)13-9-27(28)30(33-31)36-16-14-34(15-17-36)12-6-18-38/h2-3,6-8,12,18-20,23,39H,4-5,9-11,13-17,21-22H2,1H3/t23-/m1/s1. The number of hydrogen-bond acceptors (Lipinski definition) is 9. The summed E-state index contributed by atoms with van der Waals surface area (Å²) in [4.78, 5) is 30.0. The van der Waals surface area contributed by atoms with Gasteiger partial charge in [0.25, 0.3) is 0 Å². The lowest BCUT2D eigenvalue weighted by Gasteiger charge is -2.38. The Bertz CT molecular complexity index is 1380. The normalized spacial score (nSPS) is 18.9. The smallest absolute Gasteiger partial charge is 0.318 e. The maximum absolute atomic E-state index is 10.8. The van der Waals surface area contributed by atoms with Gasteiger partial charge in [0, 0.05) is 68.2 Å². The Labute approximate surface area is 235 Å². The number of piperazine rings is 1. The first-order chi connectivity index (χ1) is 19.6. The Balaban J connectivity index is 1.30. The van der Waals surface area contributed by atoms with Crippen molar-refractivity contribution in [2.75, 3.05) is 62.2 Å². The molecule has 2 fully saturated rings. The van der Waals surface area contributed by atoms with Crippen LogP contribution in [-0.4, -0.2) is 89.6 Å². The van der Waals surface area contributed by atoms with Crippen molar-refractivity contribution >= 4 is 28.6 Å². The number of hydrogen-bond donors (Lipinski definition) is 1. The summed E-state index contributed by atoms with van der Waals surface area (Å²) in [6, 6.07) is 12.3. The van der Waals surface area contributed by atoms with E-state index in [2.05, 4.69) is 32.6 Å². The van der Waals surface area contributed by atoms with E-state index in [0.29, 0.717) is 12.6 Å². The van der Waals surface area contributed by atoms with E-state index >= 15 is 0 Å². The number of aromatic hydroxyl groups is 1. The molecule has 3 aromatic rings. The van der Waals surface area contributed by atoms with Crippen LogP contribution in [0.4, 0.5) is 11.5 Å². The molecule has 1 atom stereocenters. The van der Waals surface area contributed by atoms with Crippen LogP contribution in [0.1, 0.15) is 31.0 Å². The van der Waals surface area contributed by atoms with Gasteiger partial charge in [-0.05, 0) is 56.8 Å². The predicted molar refractivity (Wildman–Crippen MR) is 157 cm³/mol. The predicted octanol–water partition coefficient (Wildman–Crippen LogP) is 3.60. The maximum atomic E-state index is 10.8. The summed E-state index contributed by atoms with van der Waals surface area (Å²) in [6.07, 6.45) is 7.54. The molecule has 3 aliphatic heterocycles. The molecule has 4 heterocycles. The van der Waals surface area contributed by atoms with E-state index in [4.69, 9.17) is 14.7 Å². The number of benzene rings is 2. The third-order valence-corrected chi connectivity index (χ3v) is 8.20. The summed E-state index contributed by atoms with van der Waals surface area (Å²) < 4.78 is 6.37. The number of phenols is 1. The van der Waals surface area contributed by atoms with Gasteiger partial charge in [0.2, 0.25) is 0 Å². The molecule has 40 heavy (non-hydrogen) atoms. The minimum absolute atomic E-state index is 0.0102. The van der Waals surface area contributed by atoms with Gasteiger partial charge in [0.15, 0.2) is 0 Å². The molecule has 1 N–H and O–H groups in total. The molecule has 0 saturated carbocycles. The number of ether oxygens (including phenoxy) is 1. The third kappa shape index (κ3) is 5.70. The van der Waals surface area contributed by atoms with Crippen LogP contribution in [0.3, 0.4) is 0 Å². The topological polar surface area (TPSA) is 85.3 Å². The second-order valence-electron chi connectivity index (χ2n) is 11.0.